The minimum Gasteiger partial charge on any atom is -0.497 e. The van der Waals surface area contributed by atoms with E-state index in [4.69, 9.17) is 4.74 Å². The summed E-state index contributed by atoms with van der Waals surface area (Å²) in [4.78, 5) is 13.0. The monoisotopic (exact) mass is 321 g/mol. The predicted molar refractivity (Wildman–Crippen MR) is 97.8 cm³/mol. The molecule has 0 bridgehead atoms. The Morgan fingerprint density at radius 1 is 1.08 bits per heavy atom. The number of aromatic nitrogens is 1. The molecule has 0 aliphatic carbocycles. The van der Waals surface area contributed by atoms with E-state index in [1.54, 1.807) is 7.11 Å². The molecule has 0 amide bonds. The van der Waals surface area contributed by atoms with Crippen LogP contribution in [0.15, 0.2) is 54.7 Å². The van der Waals surface area contributed by atoms with Gasteiger partial charge in [-0.2, -0.15) is 0 Å². The second-order valence-corrected chi connectivity index (χ2v) is 6.49. The molecule has 3 rings (SSSR count). The fourth-order valence-corrected chi connectivity index (χ4v) is 2.91. The maximum atomic E-state index is 13.0. The van der Waals surface area contributed by atoms with Crippen molar-refractivity contribution in [2.45, 2.75) is 26.8 Å². The average molecular weight is 321 g/mol. The first-order chi connectivity index (χ1) is 11.6. The van der Waals surface area contributed by atoms with Gasteiger partial charge >= 0.3 is 0 Å². The summed E-state index contributed by atoms with van der Waals surface area (Å²) < 4.78 is 7.37. The zero-order chi connectivity index (χ0) is 17.1. The Hall–Kier alpha value is -2.55. The Kier molecular flexibility index (Phi) is 4.70. The number of hydrogen-bond donors (Lipinski definition) is 0. The fourth-order valence-electron chi connectivity index (χ4n) is 2.91. The van der Waals surface area contributed by atoms with Crippen molar-refractivity contribution in [3.63, 3.8) is 0 Å². The normalized spacial score (nSPS) is 11.2. The van der Waals surface area contributed by atoms with Gasteiger partial charge in [-0.25, -0.2) is 0 Å². The van der Waals surface area contributed by atoms with Gasteiger partial charge in [0.25, 0.3) is 0 Å². The Morgan fingerprint density at radius 3 is 2.46 bits per heavy atom. The predicted octanol–water partition coefficient (Wildman–Crippen LogP) is 4.93. The summed E-state index contributed by atoms with van der Waals surface area (Å²) >= 11 is 0. The summed E-state index contributed by atoms with van der Waals surface area (Å²) in [5, 5.41) is 1.02. The van der Waals surface area contributed by atoms with Crippen LogP contribution in [-0.4, -0.2) is 17.5 Å². The summed E-state index contributed by atoms with van der Waals surface area (Å²) in [6, 6.07) is 15.4. The summed E-state index contributed by atoms with van der Waals surface area (Å²) in [5.41, 5.74) is 2.57. The Balaban J connectivity index is 2.00. The van der Waals surface area contributed by atoms with Crippen LogP contribution in [0.2, 0.25) is 0 Å². The van der Waals surface area contributed by atoms with E-state index in [0.717, 1.165) is 35.2 Å². The van der Waals surface area contributed by atoms with Crippen LogP contribution in [0.1, 0.15) is 36.2 Å². The summed E-state index contributed by atoms with van der Waals surface area (Å²) in [7, 11) is 1.62. The third kappa shape index (κ3) is 3.21. The number of para-hydroxylation sites is 1. The van der Waals surface area contributed by atoms with E-state index in [0.29, 0.717) is 11.5 Å². The van der Waals surface area contributed by atoms with E-state index in [-0.39, 0.29) is 5.78 Å². The highest BCUT2D eigenvalue weighted by molar-refractivity contribution is 6.16. The molecule has 2 aromatic carbocycles. The molecule has 0 spiro atoms. The van der Waals surface area contributed by atoms with Crippen LogP contribution in [-0.2, 0) is 6.54 Å². The standard InChI is InChI=1S/C21H23NO2/c1-15(2)12-13-22-14-19(18-6-4-5-7-20(18)22)21(23)16-8-10-17(24-3)11-9-16/h4-11,14-15H,12-13H2,1-3H3. The van der Waals surface area contributed by atoms with E-state index < -0.39 is 0 Å². The van der Waals surface area contributed by atoms with Crippen molar-refractivity contribution in [2.24, 2.45) is 5.92 Å². The van der Waals surface area contributed by atoms with E-state index in [1.807, 2.05) is 48.7 Å². The molecule has 0 aliphatic rings. The van der Waals surface area contributed by atoms with Gasteiger partial charge < -0.3 is 9.30 Å². The SMILES string of the molecule is COc1ccc(C(=O)c2cn(CCC(C)C)c3ccccc23)cc1. The third-order valence-corrected chi connectivity index (χ3v) is 4.33. The number of nitrogens with zero attached hydrogens (tertiary/aromatic N) is 1. The number of carbonyl (C=O) groups excluding carboxylic acids is 1. The summed E-state index contributed by atoms with van der Waals surface area (Å²) in [5.74, 6) is 1.44. The van der Waals surface area contributed by atoms with Crippen molar-refractivity contribution in [2.75, 3.05) is 7.11 Å². The van der Waals surface area contributed by atoms with Gasteiger partial charge in [0.15, 0.2) is 5.78 Å². The second-order valence-electron chi connectivity index (χ2n) is 6.49. The Morgan fingerprint density at radius 2 is 1.79 bits per heavy atom. The van der Waals surface area contributed by atoms with Gasteiger partial charge in [0.05, 0.1) is 7.11 Å². The Labute approximate surface area is 142 Å². The number of methoxy groups -OCH3 is 1. The molecule has 3 heteroatoms. The number of carbonyl (C=O) groups is 1. The number of benzene rings is 2. The van der Waals surface area contributed by atoms with Gasteiger partial charge in [-0.3, -0.25) is 4.79 Å². The maximum absolute atomic E-state index is 13.0. The van der Waals surface area contributed by atoms with E-state index in [2.05, 4.69) is 24.5 Å². The van der Waals surface area contributed by atoms with Crippen molar-refractivity contribution in [3.05, 3.63) is 65.9 Å². The lowest BCUT2D eigenvalue weighted by Crippen LogP contribution is -2.02. The number of hydrogen-bond acceptors (Lipinski definition) is 2. The van der Waals surface area contributed by atoms with Crippen LogP contribution in [0.4, 0.5) is 0 Å². The molecule has 0 saturated heterocycles. The first kappa shape index (κ1) is 16.3. The van der Waals surface area contributed by atoms with Crippen LogP contribution >= 0.6 is 0 Å². The molecule has 124 valence electrons. The van der Waals surface area contributed by atoms with Gasteiger partial charge in [0.2, 0.25) is 0 Å². The molecule has 24 heavy (non-hydrogen) atoms. The number of ketones is 1. The molecule has 0 atom stereocenters. The number of rotatable bonds is 6. The fraction of sp³-hybridized carbons (Fsp3) is 0.286. The summed E-state index contributed by atoms with van der Waals surface area (Å²) in [6.07, 6.45) is 3.09. The lowest BCUT2D eigenvalue weighted by molar-refractivity contribution is 0.104. The molecule has 1 aromatic heterocycles. The molecule has 3 nitrogen and oxygen atoms in total. The summed E-state index contributed by atoms with van der Waals surface area (Å²) in [6.45, 7) is 5.36. The zero-order valence-corrected chi connectivity index (χ0v) is 14.5. The molecule has 0 fully saturated rings. The lowest BCUT2D eigenvalue weighted by Gasteiger charge is -2.07. The van der Waals surface area contributed by atoms with Crippen molar-refractivity contribution < 1.29 is 9.53 Å². The maximum Gasteiger partial charge on any atom is 0.195 e. The average Bonchev–Trinajstić information content (AvgIpc) is 2.98. The number of ether oxygens (including phenoxy) is 1. The molecule has 0 radical (unpaired) electrons. The molecule has 0 saturated carbocycles. The molecule has 0 N–H and O–H groups in total. The first-order valence-electron chi connectivity index (χ1n) is 8.36. The zero-order valence-electron chi connectivity index (χ0n) is 14.5. The van der Waals surface area contributed by atoms with E-state index >= 15 is 0 Å². The highest BCUT2D eigenvalue weighted by atomic mass is 16.5. The van der Waals surface area contributed by atoms with Crippen LogP contribution in [0.5, 0.6) is 5.75 Å². The Bertz CT molecular complexity index is 844. The highest BCUT2D eigenvalue weighted by Gasteiger charge is 2.16. The smallest absolute Gasteiger partial charge is 0.195 e. The van der Waals surface area contributed by atoms with Gasteiger partial charge in [0.1, 0.15) is 5.75 Å². The first-order valence-corrected chi connectivity index (χ1v) is 8.36. The van der Waals surface area contributed by atoms with E-state index in [9.17, 15) is 4.79 Å². The van der Waals surface area contributed by atoms with Gasteiger partial charge in [0, 0.05) is 34.8 Å². The third-order valence-electron chi connectivity index (χ3n) is 4.33. The molecule has 0 unspecified atom stereocenters. The molecular formula is C21H23NO2. The highest BCUT2D eigenvalue weighted by Crippen LogP contribution is 2.25. The van der Waals surface area contributed by atoms with Crippen LogP contribution in [0.3, 0.4) is 0 Å². The molecule has 3 aromatic rings. The lowest BCUT2D eigenvalue weighted by atomic mass is 10.0. The minimum absolute atomic E-state index is 0.0529. The molecule has 1 heterocycles. The van der Waals surface area contributed by atoms with Crippen molar-refractivity contribution >= 4 is 16.7 Å². The quantitative estimate of drug-likeness (QED) is 0.603. The van der Waals surface area contributed by atoms with Crippen LogP contribution in [0.25, 0.3) is 10.9 Å². The van der Waals surface area contributed by atoms with Crippen LogP contribution in [0, 0.1) is 5.92 Å². The van der Waals surface area contributed by atoms with Crippen molar-refractivity contribution in [1.29, 1.82) is 0 Å². The van der Waals surface area contributed by atoms with E-state index in [1.165, 1.54) is 0 Å². The second kappa shape index (κ2) is 6.91. The van der Waals surface area contributed by atoms with Crippen molar-refractivity contribution in [3.8, 4) is 5.75 Å². The topological polar surface area (TPSA) is 31.2 Å². The van der Waals surface area contributed by atoms with Gasteiger partial charge in [-0.1, -0.05) is 32.0 Å². The molecular weight excluding hydrogens is 298 g/mol. The number of fused-ring (bicyclic) bond motifs is 1. The minimum atomic E-state index is 0.0529. The van der Waals surface area contributed by atoms with Gasteiger partial charge in [-0.05, 0) is 42.7 Å². The molecule has 0 aliphatic heterocycles. The largest absolute Gasteiger partial charge is 0.497 e. The van der Waals surface area contributed by atoms with Gasteiger partial charge in [-0.15, -0.1) is 0 Å². The van der Waals surface area contributed by atoms with Crippen molar-refractivity contribution in [1.82, 2.24) is 4.57 Å². The van der Waals surface area contributed by atoms with Crippen LogP contribution < -0.4 is 4.74 Å². The number of aryl methyl sites for hydroxylation is 1.